The fraction of sp³-hybridized carbons (Fsp3) is 0.714. The van der Waals surface area contributed by atoms with Crippen molar-refractivity contribution in [3.05, 3.63) is 0 Å². The molecule has 0 heterocycles. The molecule has 64 valence electrons. The molecular formula is C7H13NO3. The molecule has 0 spiro atoms. The molecule has 0 aromatic rings. The molecule has 0 unspecified atom stereocenters. The molecule has 0 aliphatic carbocycles. The van der Waals surface area contributed by atoms with E-state index in [4.69, 9.17) is 0 Å². The summed E-state index contributed by atoms with van der Waals surface area (Å²) in [4.78, 5) is 20.3. The van der Waals surface area contributed by atoms with E-state index in [-0.39, 0.29) is 19.0 Å². The van der Waals surface area contributed by atoms with Crippen LogP contribution in [0.1, 0.15) is 19.8 Å². The van der Waals surface area contributed by atoms with E-state index in [9.17, 15) is 9.59 Å². The predicted molar refractivity (Wildman–Crippen MR) is 39.9 cm³/mol. The third-order valence-corrected chi connectivity index (χ3v) is 1.13. The number of ether oxygens (including phenoxy) is 1. The Kier molecular flexibility index (Phi) is 6.37. The maximum Gasteiger partial charge on any atom is 0.293 e. The Morgan fingerprint density at radius 2 is 2.36 bits per heavy atom. The summed E-state index contributed by atoms with van der Waals surface area (Å²) in [6, 6.07) is 0. The van der Waals surface area contributed by atoms with Gasteiger partial charge in [-0.3, -0.25) is 9.59 Å². The van der Waals surface area contributed by atoms with Gasteiger partial charge in [0.15, 0.2) is 6.61 Å². The molecule has 0 rings (SSSR count). The Hall–Kier alpha value is -1.06. The quantitative estimate of drug-likeness (QED) is 0.441. The molecule has 0 aliphatic heterocycles. The third-order valence-electron chi connectivity index (χ3n) is 1.13. The van der Waals surface area contributed by atoms with Crippen molar-refractivity contribution in [3.8, 4) is 0 Å². The second-order valence-corrected chi connectivity index (χ2v) is 2.11. The first-order chi connectivity index (χ1) is 5.31. The minimum Gasteiger partial charge on any atom is -0.458 e. The Morgan fingerprint density at radius 3 is 2.91 bits per heavy atom. The number of hydrogen-bond acceptors (Lipinski definition) is 3. The Balaban J connectivity index is 3.15. The van der Waals surface area contributed by atoms with Crippen molar-refractivity contribution in [1.82, 2.24) is 5.32 Å². The van der Waals surface area contributed by atoms with Crippen LogP contribution >= 0.6 is 0 Å². The first-order valence-corrected chi connectivity index (χ1v) is 3.63. The predicted octanol–water partition coefficient (Wildman–Crippen LogP) is 0.0757. The van der Waals surface area contributed by atoms with E-state index in [2.05, 4.69) is 10.1 Å². The average molecular weight is 159 g/mol. The van der Waals surface area contributed by atoms with Gasteiger partial charge in [-0.15, -0.1) is 0 Å². The summed E-state index contributed by atoms with van der Waals surface area (Å²) >= 11 is 0. The Bertz CT molecular complexity index is 125. The largest absolute Gasteiger partial charge is 0.458 e. The van der Waals surface area contributed by atoms with Crippen molar-refractivity contribution >= 4 is 12.4 Å². The summed E-state index contributed by atoms with van der Waals surface area (Å²) in [5.74, 6) is -0.245. The highest BCUT2D eigenvalue weighted by molar-refractivity contribution is 5.77. The van der Waals surface area contributed by atoms with Gasteiger partial charge in [0.2, 0.25) is 0 Å². The minimum absolute atomic E-state index is 0.173. The van der Waals surface area contributed by atoms with Crippen LogP contribution in [-0.4, -0.2) is 25.5 Å². The summed E-state index contributed by atoms with van der Waals surface area (Å²) in [5, 5.41) is 2.60. The molecule has 11 heavy (non-hydrogen) atoms. The molecule has 0 saturated heterocycles. The van der Waals surface area contributed by atoms with Gasteiger partial charge in [0.1, 0.15) is 0 Å². The second-order valence-electron chi connectivity index (χ2n) is 2.11. The molecule has 4 heteroatoms. The van der Waals surface area contributed by atoms with Gasteiger partial charge < -0.3 is 10.1 Å². The molecular weight excluding hydrogens is 146 g/mol. The second kappa shape index (κ2) is 7.05. The van der Waals surface area contributed by atoms with Gasteiger partial charge in [-0.2, -0.15) is 0 Å². The monoisotopic (exact) mass is 159 g/mol. The lowest BCUT2D eigenvalue weighted by Crippen LogP contribution is -2.28. The highest BCUT2D eigenvalue weighted by Gasteiger charge is 1.97. The third kappa shape index (κ3) is 6.83. The smallest absolute Gasteiger partial charge is 0.293 e. The minimum atomic E-state index is -0.245. The maximum absolute atomic E-state index is 10.7. The van der Waals surface area contributed by atoms with E-state index in [1.807, 2.05) is 6.92 Å². The summed E-state index contributed by atoms with van der Waals surface area (Å²) in [6.07, 6.45) is 1.99. The van der Waals surface area contributed by atoms with Gasteiger partial charge in [-0.05, 0) is 6.42 Å². The van der Waals surface area contributed by atoms with Crippen molar-refractivity contribution in [3.63, 3.8) is 0 Å². The van der Waals surface area contributed by atoms with Crippen LogP contribution in [-0.2, 0) is 14.3 Å². The number of carbonyl (C=O) groups excluding carboxylic acids is 2. The van der Waals surface area contributed by atoms with E-state index in [1.54, 1.807) is 0 Å². The van der Waals surface area contributed by atoms with Crippen molar-refractivity contribution in [2.75, 3.05) is 13.2 Å². The first kappa shape index (κ1) is 9.94. The van der Waals surface area contributed by atoms with Gasteiger partial charge in [-0.25, -0.2) is 0 Å². The number of carbonyl (C=O) groups is 2. The summed E-state index contributed by atoms with van der Waals surface area (Å²) < 4.78 is 4.23. The zero-order valence-corrected chi connectivity index (χ0v) is 6.63. The summed E-state index contributed by atoms with van der Waals surface area (Å²) in [6.45, 7) is 2.78. The zero-order chi connectivity index (χ0) is 8.53. The van der Waals surface area contributed by atoms with Crippen molar-refractivity contribution in [2.24, 2.45) is 0 Å². The van der Waals surface area contributed by atoms with Crippen LogP contribution in [0.3, 0.4) is 0 Å². The molecule has 1 amide bonds. The van der Waals surface area contributed by atoms with Crippen LogP contribution in [0.4, 0.5) is 0 Å². The van der Waals surface area contributed by atoms with Gasteiger partial charge in [0.25, 0.3) is 12.4 Å². The summed E-state index contributed by atoms with van der Waals surface area (Å²) in [7, 11) is 0. The van der Waals surface area contributed by atoms with Crippen molar-refractivity contribution in [2.45, 2.75) is 19.8 Å². The van der Waals surface area contributed by atoms with E-state index in [0.29, 0.717) is 6.54 Å². The van der Waals surface area contributed by atoms with Gasteiger partial charge in [-0.1, -0.05) is 13.3 Å². The van der Waals surface area contributed by atoms with Crippen molar-refractivity contribution < 1.29 is 14.3 Å². The molecule has 0 radical (unpaired) electrons. The molecule has 0 aliphatic rings. The number of hydrogen-bond donors (Lipinski definition) is 1. The van der Waals surface area contributed by atoms with E-state index < -0.39 is 0 Å². The molecule has 4 nitrogen and oxygen atoms in total. The average Bonchev–Trinajstić information content (AvgIpc) is 2.01. The molecule has 0 saturated carbocycles. The Morgan fingerprint density at radius 1 is 1.64 bits per heavy atom. The van der Waals surface area contributed by atoms with Crippen LogP contribution < -0.4 is 5.32 Å². The lowest BCUT2D eigenvalue weighted by molar-refractivity contribution is -0.137. The number of nitrogens with one attached hydrogen (secondary N) is 1. The maximum atomic E-state index is 10.7. The fourth-order valence-corrected chi connectivity index (χ4v) is 0.565. The number of rotatable bonds is 6. The van der Waals surface area contributed by atoms with Crippen molar-refractivity contribution in [1.29, 1.82) is 0 Å². The summed E-state index contributed by atoms with van der Waals surface area (Å²) in [5.41, 5.74) is 0. The Labute approximate surface area is 65.9 Å². The van der Waals surface area contributed by atoms with Crippen LogP contribution in [0.25, 0.3) is 0 Å². The van der Waals surface area contributed by atoms with E-state index >= 15 is 0 Å². The van der Waals surface area contributed by atoms with E-state index in [1.165, 1.54) is 0 Å². The molecule has 0 aromatic carbocycles. The van der Waals surface area contributed by atoms with Crippen LogP contribution in [0.2, 0.25) is 0 Å². The molecule has 0 atom stereocenters. The molecule has 0 aromatic heterocycles. The standard InChI is InChI=1S/C7H13NO3/c1-2-3-4-8-7(10)5-11-6-9/h6H,2-5H2,1H3,(H,8,10). The normalized spacial score (nSPS) is 8.82. The first-order valence-electron chi connectivity index (χ1n) is 3.63. The SMILES string of the molecule is CCCCNC(=O)COC=O. The molecule has 0 fully saturated rings. The highest BCUT2D eigenvalue weighted by atomic mass is 16.5. The number of amides is 1. The van der Waals surface area contributed by atoms with Gasteiger partial charge in [0, 0.05) is 6.54 Å². The van der Waals surface area contributed by atoms with Crippen LogP contribution in [0.5, 0.6) is 0 Å². The molecule has 0 bridgehead atoms. The number of unbranched alkanes of at least 4 members (excludes halogenated alkanes) is 1. The van der Waals surface area contributed by atoms with Crippen LogP contribution in [0, 0.1) is 0 Å². The lowest BCUT2D eigenvalue weighted by Gasteiger charge is -2.01. The fourth-order valence-electron chi connectivity index (χ4n) is 0.565. The van der Waals surface area contributed by atoms with Gasteiger partial charge >= 0.3 is 0 Å². The van der Waals surface area contributed by atoms with Crippen LogP contribution in [0.15, 0.2) is 0 Å². The van der Waals surface area contributed by atoms with E-state index in [0.717, 1.165) is 12.8 Å². The van der Waals surface area contributed by atoms with Gasteiger partial charge in [0.05, 0.1) is 0 Å². The topological polar surface area (TPSA) is 55.4 Å². The zero-order valence-electron chi connectivity index (χ0n) is 6.63. The highest BCUT2D eigenvalue weighted by Crippen LogP contribution is 1.82. The molecule has 1 N–H and O–H groups in total. The lowest BCUT2D eigenvalue weighted by atomic mass is 10.3.